The van der Waals surface area contributed by atoms with Gasteiger partial charge in [0.1, 0.15) is 0 Å². The highest BCUT2D eigenvalue weighted by molar-refractivity contribution is 4.81. The van der Waals surface area contributed by atoms with Gasteiger partial charge in [-0.05, 0) is 32.1 Å². The quantitative estimate of drug-likeness (QED) is 0.278. The van der Waals surface area contributed by atoms with Gasteiger partial charge in [-0.2, -0.15) is 13.2 Å². The minimum absolute atomic E-state index is 0.267. The highest BCUT2D eigenvalue weighted by atomic mass is 19.4. The summed E-state index contributed by atoms with van der Waals surface area (Å²) in [5, 5.41) is 0. The molecule has 0 aliphatic heterocycles. The zero-order valence-corrected chi connectivity index (χ0v) is 12.0. The number of allylic oxidation sites excluding steroid dienone is 2. The molecule has 3 heteroatoms. The van der Waals surface area contributed by atoms with Gasteiger partial charge in [0, 0.05) is 6.42 Å². The van der Waals surface area contributed by atoms with E-state index in [9.17, 15) is 13.2 Å². The maximum absolute atomic E-state index is 11.9. The van der Waals surface area contributed by atoms with E-state index < -0.39 is 12.6 Å². The van der Waals surface area contributed by atoms with Gasteiger partial charge in [0.05, 0.1) is 0 Å². The number of rotatable bonds is 12. The summed E-state index contributed by atoms with van der Waals surface area (Å²) in [5.74, 6) is 0. The Morgan fingerprint density at radius 1 is 0.684 bits per heavy atom. The van der Waals surface area contributed by atoms with Gasteiger partial charge >= 0.3 is 6.18 Å². The summed E-state index contributed by atoms with van der Waals surface area (Å²) < 4.78 is 35.6. The fourth-order valence-electron chi connectivity index (χ4n) is 1.97. The van der Waals surface area contributed by atoms with Gasteiger partial charge in [-0.25, -0.2) is 0 Å². The summed E-state index contributed by atoms with van der Waals surface area (Å²) in [6.07, 6.45) is 10.8. The Morgan fingerprint density at radius 2 is 1.16 bits per heavy atom. The summed E-state index contributed by atoms with van der Waals surface area (Å²) in [6.45, 7) is 3.81. The molecule has 0 rings (SSSR count). The zero-order valence-electron chi connectivity index (χ0n) is 12.0. The van der Waals surface area contributed by atoms with Gasteiger partial charge in [-0.3, -0.25) is 0 Å². The maximum Gasteiger partial charge on any atom is 0.389 e. The summed E-state index contributed by atoms with van der Waals surface area (Å²) >= 11 is 0. The van der Waals surface area contributed by atoms with Crippen molar-refractivity contribution in [1.29, 1.82) is 0 Å². The molecule has 1 radical (unpaired) electrons. The molecule has 0 N–H and O–H groups in total. The molecule has 0 spiro atoms. The van der Waals surface area contributed by atoms with Crippen LogP contribution in [0.5, 0.6) is 0 Å². The van der Waals surface area contributed by atoms with Crippen molar-refractivity contribution in [3.05, 3.63) is 19.1 Å². The smallest absolute Gasteiger partial charge is 0.171 e. The second kappa shape index (κ2) is 12.6. The first-order chi connectivity index (χ1) is 9.06. The molecule has 0 bridgehead atoms. The molecule has 0 aliphatic carbocycles. The van der Waals surface area contributed by atoms with E-state index in [1.807, 2.05) is 0 Å². The van der Waals surface area contributed by atoms with Crippen molar-refractivity contribution in [3.8, 4) is 0 Å². The lowest BCUT2D eigenvalue weighted by molar-refractivity contribution is -0.135. The average molecular weight is 277 g/mol. The van der Waals surface area contributed by atoms with Crippen LogP contribution < -0.4 is 0 Å². The molecular formula is C16H28F3. The summed E-state index contributed by atoms with van der Waals surface area (Å²) in [5.41, 5.74) is 0. The van der Waals surface area contributed by atoms with Crippen LogP contribution in [0.4, 0.5) is 13.2 Å². The van der Waals surface area contributed by atoms with Crippen molar-refractivity contribution in [3.63, 3.8) is 0 Å². The predicted octanol–water partition coefficient (Wildman–Crippen LogP) is 6.62. The van der Waals surface area contributed by atoms with E-state index in [0.717, 1.165) is 25.7 Å². The first-order valence-electron chi connectivity index (χ1n) is 7.57. The van der Waals surface area contributed by atoms with E-state index in [2.05, 4.69) is 19.1 Å². The van der Waals surface area contributed by atoms with Crippen molar-refractivity contribution in [1.82, 2.24) is 0 Å². The highest BCUT2D eigenvalue weighted by Crippen LogP contribution is 2.22. The van der Waals surface area contributed by atoms with Gasteiger partial charge in [0.15, 0.2) is 0 Å². The van der Waals surface area contributed by atoms with E-state index in [1.54, 1.807) is 0 Å². The molecule has 0 aliphatic rings. The molecule has 0 aromatic heterocycles. The van der Waals surface area contributed by atoms with E-state index >= 15 is 0 Å². The van der Waals surface area contributed by atoms with Crippen LogP contribution in [0.15, 0.2) is 12.2 Å². The lowest BCUT2D eigenvalue weighted by atomic mass is 10.1. The average Bonchev–Trinajstić information content (AvgIpc) is 2.34. The van der Waals surface area contributed by atoms with E-state index in [0.29, 0.717) is 6.42 Å². The Labute approximate surface area is 116 Å². The van der Waals surface area contributed by atoms with Crippen molar-refractivity contribution >= 4 is 0 Å². The monoisotopic (exact) mass is 277 g/mol. The number of hydrogen-bond acceptors (Lipinski definition) is 0. The van der Waals surface area contributed by atoms with Gasteiger partial charge < -0.3 is 0 Å². The Bertz CT molecular complexity index is 207. The Hall–Kier alpha value is -0.470. The number of halogens is 3. The van der Waals surface area contributed by atoms with Crippen LogP contribution in [-0.2, 0) is 0 Å². The molecule has 0 saturated heterocycles. The number of hydrogen-bond donors (Lipinski definition) is 0. The summed E-state index contributed by atoms with van der Waals surface area (Å²) in [6, 6.07) is 0. The zero-order chi connectivity index (χ0) is 14.4. The van der Waals surface area contributed by atoms with E-state index in [4.69, 9.17) is 0 Å². The van der Waals surface area contributed by atoms with Crippen molar-refractivity contribution in [2.75, 3.05) is 0 Å². The van der Waals surface area contributed by atoms with Crippen molar-refractivity contribution in [2.45, 2.75) is 83.2 Å². The predicted molar refractivity (Wildman–Crippen MR) is 76.0 cm³/mol. The molecule has 0 atom stereocenters. The molecule has 0 unspecified atom stereocenters. The molecule has 113 valence electrons. The molecular weight excluding hydrogens is 249 g/mol. The fraction of sp³-hybridized carbons (Fsp3) is 0.812. The Morgan fingerprint density at radius 3 is 1.68 bits per heavy atom. The van der Waals surface area contributed by atoms with Gasteiger partial charge in [0.2, 0.25) is 0 Å². The van der Waals surface area contributed by atoms with Crippen molar-refractivity contribution < 1.29 is 13.2 Å². The molecule has 0 nitrogen and oxygen atoms in total. The Balaban J connectivity index is 3.13. The van der Waals surface area contributed by atoms with Gasteiger partial charge in [-0.15, -0.1) is 0 Å². The largest absolute Gasteiger partial charge is 0.389 e. The van der Waals surface area contributed by atoms with Crippen molar-refractivity contribution in [2.24, 2.45) is 0 Å². The minimum atomic E-state index is -3.98. The maximum atomic E-state index is 11.9. The number of alkyl halides is 3. The normalized spacial score (nSPS) is 12.4. The number of unbranched alkanes of at least 4 members (excludes halogenated alkanes) is 9. The van der Waals surface area contributed by atoms with Crippen LogP contribution in [0.25, 0.3) is 0 Å². The molecule has 0 saturated carbocycles. The SMILES string of the molecule is [CH2]CCCCCCC/C=C/CCCCCC(F)(F)F. The van der Waals surface area contributed by atoms with Crippen LogP contribution in [0, 0.1) is 6.92 Å². The lowest BCUT2D eigenvalue weighted by Crippen LogP contribution is -2.06. The van der Waals surface area contributed by atoms with Gasteiger partial charge in [-0.1, -0.05) is 57.6 Å². The molecule has 0 heterocycles. The fourth-order valence-corrected chi connectivity index (χ4v) is 1.97. The van der Waals surface area contributed by atoms with E-state index in [1.165, 1.54) is 32.1 Å². The Kier molecular flexibility index (Phi) is 12.2. The second-order valence-electron chi connectivity index (χ2n) is 5.10. The first kappa shape index (κ1) is 18.5. The molecule has 0 fully saturated rings. The third-order valence-electron chi connectivity index (χ3n) is 3.12. The van der Waals surface area contributed by atoms with Crippen LogP contribution in [-0.4, -0.2) is 6.18 Å². The molecule has 0 amide bonds. The third kappa shape index (κ3) is 17.5. The van der Waals surface area contributed by atoms with Gasteiger partial charge in [0.25, 0.3) is 0 Å². The first-order valence-corrected chi connectivity index (χ1v) is 7.57. The summed E-state index contributed by atoms with van der Waals surface area (Å²) in [7, 11) is 0. The molecule has 0 aromatic carbocycles. The van der Waals surface area contributed by atoms with Crippen LogP contribution in [0.2, 0.25) is 0 Å². The van der Waals surface area contributed by atoms with Crippen LogP contribution >= 0.6 is 0 Å². The standard InChI is InChI=1S/C16H28F3/c1-2-3-4-5-6-7-8-9-10-11-12-13-14-15-16(17,18)19/h9-10H,1-8,11-15H2/b10-9+. The van der Waals surface area contributed by atoms with Crippen LogP contribution in [0.3, 0.4) is 0 Å². The van der Waals surface area contributed by atoms with Crippen LogP contribution in [0.1, 0.15) is 77.0 Å². The summed E-state index contributed by atoms with van der Waals surface area (Å²) in [4.78, 5) is 0. The highest BCUT2D eigenvalue weighted by Gasteiger charge is 2.25. The molecule has 0 aromatic rings. The lowest BCUT2D eigenvalue weighted by Gasteiger charge is -2.04. The minimum Gasteiger partial charge on any atom is -0.171 e. The second-order valence-corrected chi connectivity index (χ2v) is 5.10. The van der Waals surface area contributed by atoms with E-state index in [-0.39, 0.29) is 6.42 Å². The topological polar surface area (TPSA) is 0 Å². The third-order valence-corrected chi connectivity index (χ3v) is 3.12. The molecule has 19 heavy (non-hydrogen) atoms.